The highest BCUT2D eigenvalue weighted by molar-refractivity contribution is 6.06. The molecule has 0 aliphatic heterocycles. The van der Waals surface area contributed by atoms with Crippen LogP contribution in [0.15, 0.2) is 42.5 Å². The minimum atomic E-state index is -0.196. The zero-order chi connectivity index (χ0) is 14.5. The number of nitrogen functional groups attached to an aromatic ring is 1. The van der Waals surface area contributed by atoms with Gasteiger partial charge in [-0.3, -0.25) is 4.79 Å². The fraction of sp³-hybridized carbons (Fsp3) is 0.188. The van der Waals surface area contributed by atoms with Crippen LogP contribution >= 0.6 is 0 Å². The van der Waals surface area contributed by atoms with E-state index in [4.69, 9.17) is 10.5 Å². The predicted octanol–water partition coefficient (Wildman–Crippen LogP) is 3.23. The van der Waals surface area contributed by atoms with Crippen LogP contribution in [-0.4, -0.2) is 12.5 Å². The number of carbonyl (C=O) groups excluding carboxylic acids is 1. The number of hydrogen-bond donors (Lipinski definition) is 2. The topological polar surface area (TPSA) is 64.3 Å². The first kappa shape index (κ1) is 13.9. The summed E-state index contributed by atoms with van der Waals surface area (Å²) in [4.78, 5) is 12.3. The average molecular weight is 270 g/mol. The summed E-state index contributed by atoms with van der Waals surface area (Å²) in [5.74, 6) is 0.387. The molecular formula is C16H18N2O2. The predicted molar refractivity (Wildman–Crippen MR) is 81.2 cm³/mol. The summed E-state index contributed by atoms with van der Waals surface area (Å²) in [5.41, 5.74) is 8.63. The number of carbonyl (C=O) groups is 1. The zero-order valence-electron chi connectivity index (χ0n) is 11.6. The highest BCUT2D eigenvalue weighted by Crippen LogP contribution is 2.21. The van der Waals surface area contributed by atoms with Gasteiger partial charge < -0.3 is 15.8 Å². The molecule has 3 N–H and O–H groups in total. The van der Waals surface area contributed by atoms with E-state index < -0.39 is 0 Å². The SMILES string of the molecule is CCOc1ccccc1C(=O)Nc1ccc(N)c(C)c1. The van der Waals surface area contributed by atoms with Crippen molar-refractivity contribution in [1.29, 1.82) is 0 Å². The number of nitrogens with one attached hydrogen (secondary N) is 1. The number of aryl methyl sites for hydroxylation is 1. The van der Waals surface area contributed by atoms with Gasteiger partial charge in [0.1, 0.15) is 5.75 Å². The Morgan fingerprint density at radius 1 is 1.25 bits per heavy atom. The second-order valence-electron chi connectivity index (χ2n) is 4.45. The van der Waals surface area contributed by atoms with E-state index in [1.807, 2.05) is 32.0 Å². The van der Waals surface area contributed by atoms with Crippen molar-refractivity contribution < 1.29 is 9.53 Å². The first-order chi connectivity index (χ1) is 9.61. The first-order valence-electron chi connectivity index (χ1n) is 6.51. The third-order valence-electron chi connectivity index (χ3n) is 2.96. The Hall–Kier alpha value is -2.49. The first-order valence-corrected chi connectivity index (χ1v) is 6.51. The summed E-state index contributed by atoms with van der Waals surface area (Å²) in [6.45, 7) is 4.31. The lowest BCUT2D eigenvalue weighted by Gasteiger charge is -2.11. The molecule has 4 nitrogen and oxygen atoms in total. The summed E-state index contributed by atoms with van der Waals surface area (Å²) < 4.78 is 5.46. The third-order valence-corrected chi connectivity index (χ3v) is 2.96. The van der Waals surface area contributed by atoms with E-state index >= 15 is 0 Å². The van der Waals surface area contributed by atoms with Gasteiger partial charge in [-0.1, -0.05) is 12.1 Å². The highest BCUT2D eigenvalue weighted by Gasteiger charge is 2.12. The Balaban J connectivity index is 2.21. The van der Waals surface area contributed by atoms with Crippen molar-refractivity contribution in [3.8, 4) is 5.75 Å². The quantitative estimate of drug-likeness (QED) is 0.838. The van der Waals surface area contributed by atoms with Crippen LogP contribution in [0, 0.1) is 6.92 Å². The molecule has 0 aliphatic carbocycles. The maximum absolute atomic E-state index is 12.3. The number of nitrogens with two attached hydrogens (primary N) is 1. The number of hydrogen-bond acceptors (Lipinski definition) is 3. The molecule has 2 aromatic rings. The minimum Gasteiger partial charge on any atom is -0.493 e. The third kappa shape index (κ3) is 3.09. The zero-order valence-corrected chi connectivity index (χ0v) is 11.6. The van der Waals surface area contributed by atoms with Crippen LogP contribution < -0.4 is 15.8 Å². The molecule has 0 saturated carbocycles. The number of para-hydroxylation sites is 1. The smallest absolute Gasteiger partial charge is 0.259 e. The number of anilines is 2. The number of rotatable bonds is 4. The Bertz CT molecular complexity index is 624. The van der Waals surface area contributed by atoms with E-state index in [2.05, 4.69) is 5.32 Å². The van der Waals surface area contributed by atoms with Gasteiger partial charge in [-0.05, 0) is 49.7 Å². The number of benzene rings is 2. The van der Waals surface area contributed by atoms with Crippen LogP contribution in [0.4, 0.5) is 11.4 Å². The van der Waals surface area contributed by atoms with E-state index in [0.717, 1.165) is 5.56 Å². The van der Waals surface area contributed by atoms with Crippen LogP contribution in [0.5, 0.6) is 5.75 Å². The summed E-state index contributed by atoms with van der Waals surface area (Å²) in [6, 6.07) is 12.6. The maximum Gasteiger partial charge on any atom is 0.259 e. The maximum atomic E-state index is 12.3. The van der Waals surface area contributed by atoms with Gasteiger partial charge in [0.25, 0.3) is 5.91 Å². The Labute approximate surface area is 118 Å². The second kappa shape index (κ2) is 6.10. The van der Waals surface area contributed by atoms with Crippen molar-refractivity contribution in [2.24, 2.45) is 0 Å². The summed E-state index contributed by atoms with van der Waals surface area (Å²) in [7, 11) is 0. The van der Waals surface area contributed by atoms with Gasteiger partial charge in [0.05, 0.1) is 12.2 Å². The molecule has 0 spiro atoms. The van der Waals surface area contributed by atoms with E-state index in [1.165, 1.54) is 0 Å². The fourth-order valence-electron chi connectivity index (χ4n) is 1.89. The largest absolute Gasteiger partial charge is 0.493 e. The molecule has 0 saturated heterocycles. The van der Waals surface area contributed by atoms with E-state index in [9.17, 15) is 4.79 Å². The molecule has 0 radical (unpaired) electrons. The monoisotopic (exact) mass is 270 g/mol. The molecule has 2 aromatic carbocycles. The Kier molecular flexibility index (Phi) is 4.25. The lowest BCUT2D eigenvalue weighted by atomic mass is 10.1. The van der Waals surface area contributed by atoms with E-state index in [-0.39, 0.29) is 5.91 Å². The van der Waals surface area contributed by atoms with Gasteiger partial charge in [-0.15, -0.1) is 0 Å². The Morgan fingerprint density at radius 3 is 2.70 bits per heavy atom. The molecule has 2 rings (SSSR count). The molecule has 0 aromatic heterocycles. The van der Waals surface area contributed by atoms with Gasteiger partial charge in [0.15, 0.2) is 0 Å². The van der Waals surface area contributed by atoms with Crippen LogP contribution in [0.3, 0.4) is 0 Å². The van der Waals surface area contributed by atoms with Crippen LogP contribution in [0.25, 0.3) is 0 Å². The molecule has 1 amide bonds. The molecule has 104 valence electrons. The Morgan fingerprint density at radius 2 is 2.00 bits per heavy atom. The van der Waals surface area contributed by atoms with Crippen molar-refractivity contribution in [2.45, 2.75) is 13.8 Å². The lowest BCUT2D eigenvalue weighted by Crippen LogP contribution is -2.13. The van der Waals surface area contributed by atoms with Gasteiger partial charge in [0.2, 0.25) is 0 Å². The second-order valence-corrected chi connectivity index (χ2v) is 4.45. The molecule has 4 heteroatoms. The van der Waals surface area contributed by atoms with Gasteiger partial charge in [-0.2, -0.15) is 0 Å². The number of ether oxygens (including phenoxy) is 1. The van der Waals surface area contributed by atoms with Crippen LogP contribution in [-0.2, 0) is 0 Å². The van der Waals surface area contributed by atoms with Gasteiger partial charge in [0, 0.05) is 11.4 Å². The van der Waals surface area contributed by atoms with Crippen LogP contribution in [0.2, 0.25) is 0 Å². The average Bonchev–Trinajstić information content (AvgIpc) is 2.44. The molecule has 0 fully saturated rings. The molecular weight excluding hydrogens is 252 g/mol. The summed E-state index contributed by atoms with van der Waals surface area (Å²) in [6.07, 6.45) is 0. The van der Waals surface area contributed by atoms with Gasteiger partial charge in [-0.25, -0.2) is 0 Å². The van der Waals surface area contributed by atoms with Crippen molar-refractivity contribution >= 4 is 17.3 Å². The molecule has 0 aliphatic rings. The normalized spacial score (nSPS) is 10.1. The molecule has 0 unspecified atom stereocenters. The molecule has 0 atom stereocenters. The molecule has 0 heterocycles. The highest BCUT2D eigenvalue weighted by atomic mass is 16.5. The van der Waals surface area contributed by atoms with Gasteiger partial charge >= 0.3 is 0 Å². The lowest BCUT2D eigenvalue weighted by molar-refractivity contribution is 0.102. The minimum absolute atomic E-state index is 0.196. The molecule has 20 heavy (non-hydrogen) atoms. The molecule has 0 bridgehead atoms. The van der Waals surface area contributed by atoms with Crippen LogP contribution in [0.1, 0.15) is 22.8 Å². The summed E-state index contributed by atoms with van der Waals surface area (Å²) >= 11 is 0. The van der Waals surface area contributed by atoms with Crippen molar-refractivity contribution in [3.05, 3.63) is 53.6 Å². The fourth-order valence-corrected chi connectivity index (χ4v) is 1.89. The van der Waals surface area contributed by atoms with Crippen molar-refractivity contribution in [3.63, 3.8) is 0 Å². The van der Waals surface area contributed by atoms with Crippen molar-refractivity contribution in [1.82, 2.24) is 0 Å². The summed E-state index contributed by atoms with van der Waals surface area (Å²) in [5, 5.41) is 2.85. The van der Waals surface area contributed by atoms with E-state index in [1.54, 1.807) is 24.3 Å². The number of amides is 1. The standard InChI is InChI=1S/C16H18N2O2/c1-3-20-15-7-5-4-6-13(15)16(19)18-12-8-9-14(17)11(2)10-12/h4-10H,3,17H2,1-2H3,(H,18,19). The van der Waals surface area contributed by atoms with Crippen molar-refractivity contribution in [2.75, 3.05) is 17.7 Å². The van der Waals surface area contributed by atoms with E-state index in [0.29, 0.717) is 29.3 Å².